The van der Waals surface area contributed by atoms with Gasteiger partial charge in [0.2, 0.25) is 0 Å². The second kappa shape index (κ2) is 9.01. The number of anilines is 1. The number of benzene rings is 1. The highest BCUT2D eigenvalue weighted by molar-refractivity contribution is 5.80. The van der Waals surface area contributed by atoms with E-state index in [1.165, 1.54) is 51.3 Å². The molecule has 0 spiro atoms. The fourth-order valence-corrected chi connectivity index (χ4v) is 4.66. The van der Waals surface area contributed by atoms with Crippen LogP contribution in [0.4, 0.5) is 5.69 Å². The van der Waals surface area contributed by atoms with E-state index in [1.54, 1.807) is 7.11 Å². The highest BCUT2D eigenvalue weighted by Crippen LogP contribution is 2.24. The molecule has 4 saturated heterocycles. The topological polar surface area (TPSA) is 55.4 Å². The number of rotatable bonds is 5. The van der Waals surface area contributed by atoms with E-state index in [0.717, 1.165) is 31.3 Å². The molecule has 154 valence electrons. The number of fused-ring (bicyclic) bond motifs is 3. The van der Waals surface area contributed by atoms with Crippen LogP contribution in [0.2, 0.25) is 0 Å². The molecule has 4 aliphatic rings. The summed E-state index contributed by atoms with van der Waals surface area (Å²) in [5.41, 5.74) is 1.23. The van der Waals surface area contributed by atoms with Crippen LogP contribution in [0.15, 0.2) is 29.3 Å². The Bertz CT molecular complexity index is 673. The molecule has 2 atom stereocenters. The average molecular weight is 387 g/mol. The van der Waals surface area contributed by atoms with Gasteiger partial charge >= 0.3 is 0 Å². The van der Waals surface area contributed by atoms with Gasteiger partial charge in [0, 0.05) is 83.2 Å². The Balaban J connectivity index is 1.29. The molecule has 0 aromatic heterocycles. The summed E-state index contributed by atoms with van der Waals surface area (Å²) in [5.74, 6) is 1.84. The minimum absolute atomic E-state index is 0.401. The van der Waals surface area contributed by atoms with Crippen LogP contribution in [-0.2, 0) is 0 Å². The summed E-state index contributed by atoms with van der Waals surface area (Å²) < 4.78 is 5.39. The fourth-order valence-electron chi connectivity index (χ4n) is 4.66. The van der Waals surface area contributed by atoms with Crippen molar-refractivity contribution in [2.75, 3.05) is 71.4 Å². The molecule has 0 aliphatic carbocycles. The van der Waals surface area contributed by atoms with Crippen molar-refractivity contribution < 1.29 is 4.74 Å². The van der Waals surface area contributed by atoms with E-state index in [-0.39, 0.29) is 0 Å². The average Bonchev–Trinajstić information content (AvgIpc) is 2.77. The fraction of sp³-hybridized carbons (Fsp3) is 0.667. The van der Waals surface area contributed by atoms with Crippen molar-refractivity contribution in [3.05, 3.63) is 24.3 Å². The molecule has 4 heterocycles. The van der Waals surface area contributed by atoms with Gasteiger partial charge in [-0.1, -0.05) is 6.07 Å². The molecule has 1 aromatic rings. The van der Waals surface area contributed by atoms with Gasteiger partial charge in [-0.2, -0.15) is 0 Å². The van der Waals surface area contributed by atoms with Crippen LogP contribution in [0.25, 0.3) is 0 Å². The van der Waals surface area contributed by atoms with Gasteiger partial charge in [0.05, 0.1) is 7.11 Å². The lowest BCUT2D eigenvalue weighted by molar-refractivity contribution is 0.0154. The lowest BCUT2D eigenvalue weighted by Gasteiger charge is -2.47. The smallest absolute Gasteiger partial charge is 0.191 e. The highest BCUT2D eigenvalue weighted by atomic mass is 16.5. The molecule has 5 rings (SSSR count). The third-order valence-electron chi connectivity index (χ3n) is 6.30. The van der Waals surface area contributed by atoms with Crippen molar-refractivity contribution in [2.45, 2.75) is 24.9 Å². The molecule has 2 N–H and O–H groups in total. The van der Waals surface area contributed by atoms with Crippen LogP contribution < -0.4 is 20.3 Å². The zero-order chi connectivity index (χ0) is 19.3. The Morgan fingerprint density at radius 3 is 2.75 bits per heavy atom. The Morgan fingerprint density at radius 2 is 2.04 bits per heavy atom. The second-order valence-electron chi connectivity index (χ2n) is 8.07. The van der Waals surface area contributed by atoms with Crippen molar-refractivity contribution >= 4 is 11.6 Å². The molecule has 4 fully saturated rings. The minimum Gasteiger partial charge on any atom is -0.497 e. The number of hydrogen-bond acceptors (Lipinski definition) is 5. The predicted octanol–water partition coefficient (Wildman–Crippen LogP) is 0.829. The third kappa shape index (κ3) is 4.52. The van der Waals surface area contributed by atoms with E-state index >= 15 is 0 Å². The summed E-state index contributed by atoms with van der Waals surface area (Å²) >= 11 is 0. The largest absolute Gasteiger partial charge is 0.497 e. The number of piperidine rings is 1. The van der Waals surface area contributed by atoms with Gasteiger partial charge in [0.15, 0.2) is 5.96 Å². The summed E-state index contributed by atoms with van der Waals surface area (Å²) in [6, 6.07) is 9.35. The number of piperazine rings is 3. The molecule has 2 unspecified atom stereocenters. The lowest BCUT2D eigenvalue weighted by atomic mass is 10.0. The number of aliphatic imine (C=N–C) groups is 1. The maximum Gasteiger partial charge on any atom is 0.191 e. The zero-order valence-corrected chi connectivity index (χ0v) is 17.2. The molecule has 0 amide bonds. The molecule has 7 nitrogen and oxygen atoms in total. The van der Waals surface area contributed by atoms with E-state index in [1.807, 2.05) is 13.1 Å². The molecule has 28 heavy (non-hydrogen) atoms. The van der Waals surface area contributed by atoms with Gasteiger partial charge in [0.25, 0.3) is 0 Å². The highest BCUT2D eigenvalue weighted by Gasteiger charge is 2.31. The first-order valence-electron chi connectivity index (χ1n) is 10.6. The van der Waals surface area contributed by atoms with E-state index in [0.29, 0.717) is 12.1 Å². The van der Waals surface area contributed by atoms with Gasteiger partial charge in [-0.3, -0.25) is 14.8 Å². The van der Waals surface area contributed by atoms with Crippen molar-refractivity contribution in [2.24, 2.45) is 4.99 Å². The number of hydrogen-bond donors (Lipinski definition) is 2. The summed E-state index contributed by atoms with van der Waals surface area (Å²) in [4.78, 5) is 12.1. The van der Waals surface area contributed by atoms with Crippen LogP contribution >= 0.6 is 0 Å². The number of methoxy groups -OCH3 is 1. The van der Waals surface area contributed by atoms with Gasteiger partial charge < -0.3 is 20.3 Å². The standard InChI is InChI=1S/C21H34N6O/c1-22-21(23-14-19-16-25-9-11-26(19)12-10-25)24-17-5-4-8-27(15-17)18-6-3-7-20(13-18)28-2/h3,6-7,13,17,19H,4-5,8-12,14-16H2,1-2H3,(H2,22,23,24). The van der Waals surface area contributed by atoms with Crippen molar-refractivity contribution in [3.63, 3.8) is 0 Å². The van der Waals surface area contributed by atoms with Gasteiger partial charge in [-0.25, -0.2) is 0 Å². The molecule has 2 bridgehead atoms. The summed E-state index contributed by atoms with van der Waals surface area (Å²) in [5, 5.41) is 7.23. The number of guanidine groups is 1. The van der Waals surface area contributed by atoms with Crippen LogP contribution in [0.3, 0.4) is 0 Å². The SMILES string of the molecule is CN=C(NCC1CN2CCN1CC2)NC1CCCN(c2cccc(OC)c2)C1. The lowest BCUT2D eigenvalue weighted by Crippen LogP contribution is -2.64. The summed E-state index contributed by atoms with van der Waals surface area (Å²) in [7, 11) is 3.59. The number of ether oxygens (including phenoxy) is 1. The second-order valence-corrected chi connectivity index (χ2v) is 8.07. The molecular weight excluding hydrogens is 352 g/mol. The molecule has 7 heteroatoms. The van der Waals surface area contributed by atoms with Crippen LogP contribution in [0.1, 0.15) is 12.8 Å². The monoisotopic (exact) mass is 386 g/mol. The van der Waals surface area contributed by atoms with Crippen molar-refractivity contribution in [1.29, 1.82) is 0 Å². The quantitative estimate of drug-likeness (QED) is 0.578. The Hall–Kier alpha value is -1.99. The van der Waals surface area contributed by atoms with E-state index < -0.39 is 0 Å². The molecule has 0 saturated carbocycles. The maximum atomic E-state index is 5.39. The molecular formula is C21H34N6O. The van der Waals surface area contributed by atoms with E-state index in [9.17, 15) is 0 Å². The van der Waals surface area contributed by atoms with Crippen LogP contribution in [0, 0.1) is 0 Å². The van der Waals surface area contributed by atoms with Crippen LogP contribution in [0.5, 0.6) is 5.75 Å². The zero-order valence-electron chi connectivity index (χ0n) is 17.2. The van der Waals surface area contributed by atoms with Crippen LogP contribution in [-0.4, -0.2) is 94.4 Å². The molecule has 4 aliphatic heterocycles. The van der Waals surface area contributed by atoms with E-state index in [2.05, 4.69) is 48.5 Å². The normalized spacial score (nSPS) is 30.2. The van der Waals surface area contributed by atoms with Gasteiger partial charge in [0.1, 0.15) is 5.75 Å². The number of nitrogens with zero attached hydrogens (tertiary/aromatic N) is 4. The minimum atomic E-state index is 0.401. The Kier molecular flexibility index (Phi) is 6.22. The first kappa shape index (κ1) is 19.3. The number of nitrogens with one attached hydrogen (secondary N) is 2. The Labute approximate surface area is 168 Å². The van der Waals surface area contributed by atoms with E-state index in [4.69, 9.17) is 4.74 Å². The summed E-state index contributed by atoms with van der Waals surface area (Å²) in [6.07, 6.45) is 2.35. The molecule has 0 radical (unpaired) electrons. The first-order chi connectivity index (χ1) is 13.7. The third-order valence-corrected chi connectivity index (χ3v) is 6.30. The Morgan fingerprint density at radius 1 is 1.18 bits per heavy atom. The van der Waals surface area contributed by atoms with Crippen molar-refractivity contribution in [3.8, 4) is 5.75 Å². The first-order valence-corrected chi connectivity index (χ1v) is 10.6. The summed E-state index contributed by atoms with van der Waals surface area (Å²) in [6.45, 7) is 9.07. The van der Waals surface area contributed by atoms with Gasteiger partial charge in [-0.15, -0.1) is 0 Å². The maximum absolute atomic E-state index is 5.39. The molecule has 1 aromatic carbocycles. The van der Waals surface area contributed by atoms with Crippen molar-refractivity contribution in [1.82, 2.24) is 20.4 Å². The predicted molar refractivity (Wildman–Crippen MR) is 115 cm³/mol. The van der Waals surface area contributed by atoms with Gasteiger partial charge in [-0.05, 0) is 25.0 Å².